The average molecular weight is 375 g/mol. The number of anilines is 1. The summed E-state index contributed by atoms with van der Waals surface area (Å²) < 4.78 is 12.5. The van der Waals surface area contributed by atoms with Crippen molar-refractivity contribution in [1.82, 2.24) is 19.9 Å². The Kier molecular flexibility index (Phi) is 5.05. The highest BCUT2D eigenvalue weighted by Crippen LogP contribution is 2.24. The lowest BCUT2D eigenvalue weighted by atomic mass is 10.2. The highest BCUT2D eigenvalue weighted by Gasteiger charge is 2.14. The van der Waals surface area contributed by atoms with Gasteiger partial charge in [0.2, 0.25) is 5.82 Å². The molecule has 0 amide bonds. The average Bonchev–Trinajstić information content (AvgIpc) is 3.39. The first-order chi connectivity index (χ1) is 13.7. The Morgan fingerprint density at radius 1 is 1.14 bits per heavy atom. The van der Waals surface area contributed by atoms with E-state index in [-0.39, 0.29) is 6.04 Å². The van der Waals surface area contributed by atoms with Crippen LogP contribution in [0.15, 0.2) is 71.5 Å². The quantitative estimate of drug-likeness (QED) is 0.522. The van der Waals surface area contributed by atoms with Crippen molar-refractivity contribution in [2.45, 2.75) is 19.5 Å². The Bertz CT molecular complexity index is 1040. The summed E-state index contributed by atoms with van der Waals surface area (Å²) in [7, 11) is 1.63. The molecule has 0 radical (unpaired) electrons. The molecule has 2 heterocycles. The third kappa shape index (κ3) is 4.03. The van der Waals surface area contributed by atoms with Crippen LogP contribution in [0.4, 0.5) is 6.01 Å². The number of nitrogens with zero attached hydrogens (tertiary/aromatic N) is 4. The third-order valence-corrected chi connectivity index (χ3v) is 4.43. The molecule has 0 bridgehead atoms. The summed E-state index contributed by atoms with van der Waals surface area (Å²) in [4.78, 5) is 4.42. The van der Waals surface area contributed by atoms with Crippen molar-refractivity contribution in [1.29, 1.82) is 0 Å². The van der Waals surface area contributed by atoms with E-state index in [1.54, 1.807) is 7.11 Å². The second-order valence-electron chi connectivity index (χ2n) is 6.48. The molecule has 0 aliphatic carbocycles. The Hall–Kier alpha value is -3.61. The van der Waals surface area contributed by atoms with Gasteiger partial charge in [0.15, 0.2) is 0 Å². The molecule has 1 atom stereocenters. The molecule has 28 heavy (non-hydrogen) atoms. The highest BCUT2D eigenvalue weighted by molar-refractivity contribution is 5.58. The van der Waals surface area contributed by atoms with Crippen LogP contribution in [0, 0.1) is 0 Å². The summed E-state index contributed by atoms with van der Waals surface area (Å²) in [6, 6.07) is 18.1. The minimum Gasteiger partial charge on any atom is -0.497 e. The van der Waals surface area contributed by atoms with E-state index in [0.29, 0.717) is 11.8 Å². The van der Waals surface area contributed by atoms with Crippen molar-refractivity contribution in [2.24, 2.45) is 0 Å². The number of ether oxygens (including phenoxy) is 1. The predicted molar refractivity (Wildman–Crippen MR) is 106 cm³/mol. The molecule has 0 saturated heterocycles. The first-order valence-electron chi connectivity index (χ1n) is 9.02. The summed E-state index contributed by atoms with van der Waals surface area (Å²) in [5.74, 6) is 1.25. The molecule has 0 saturated carbocycles. The number of rotatable bonds is 7. The van der Waals surface area contributed by atoms with Crippen LogP contribution in [-0.2, 0) is 6.54 Å². The Labute approximate surface area is 163 Å². The van der Waals surface area contributed by atoms with Crippen molar-refractivity contribution >= 4 is 6.01 Å². The molecule has 7 nitrogen and oxygen atoms in total. The van der Waals surface area contributed by atoms with Crippen LogP contribution in [0.25, 0.3) is 11.4 Å². The van der Waals surface area contributed by atoms with Crippen LogP contribution in [0.3, 0.4) is 0 Å². The maximum absolute atomic E-state index is 5.35. The minimum absolute atomic E-state index is 0.0249. The zero-order chi connectivity index (χ0) is 19.3. The van der Waals surface area contributed by atoms with E-state index < -0.39 is 0 Å². The van der Waals surface area contributed by atoms with Gasteiger partial charge < -0.3 is 14.6 Å². The Balaban J connectivity index is 1.43. The normalized spacial score (nSPS) is 11.9. The summed E-state index contributed by atoms with van der Waals surface area (Å²) in [5.41, 5.74) is 3.08. The van der Waals surface area contributed by atoms with Gasteiger partial charge in [-0.1, -0.05) is 47.6 Å². The van der Waals surface area contributed by atoms with E-state index in [2.05, 4.69) is 32.7 Å². The minimum atomic E-state index is -0.0249. The third-order valence-electron chi connectivity index (χ3n) is 4.43. The summed E-state index contributed by atoms with van der Waals surface area (Å²) in [5, 5.41) is 11.7. The van der Waals surface area contributed by atoms with E-state index in [1.807, 2.05) is 66.5 Å². The van der Waals surface area contributed by atoms with Gasteiger partial charge in [0.1, 0.15) is 5.75 Å². The fourth-order valence-electron chi connectivity index (χ4n) is 2.89. The van der Waals surface area contributed by atoms with E-state index in [9.17, 15) is 0 Å². The number of methoxy groups -OCH3 is 1. The second-order valence-corrected chi connectivity index (χ2v) is 6.48. The van der Waals surface area contributed by atoms with Crippen molar-refractivity contribution < 1.29 is 9.26 Å². The molecule has 0 spiro atoms. The Morgan fingerprint density at radius 3 is 2.82 bits per heavy atom. The molecule has 142 valence electrons. The Morgan fingerprint density at radius 2 is 2.00 bits per heavy atom. The smallest absolute Gasteiger partial charge is 0.322 e. The lowest BCUT2D eigenvalue weighted by Gasteiger charge is -2.08. The number of nitrogens with one attached hydrogen (secondary N) is 1. The van der Waals surface area contributed by atoms with Crippen LogP contribution in [0.5, 0.6) is 5.75 Å². The van der Waals surface area contributed by atoms with E-state index >= 15 is 0 Å². The molecule has 7 heteroatoms. The van der Waals surface area contributed by atoms with Crippen molar-refractivity contribution in [3.8, 4) is 17.1 Å². The fourth-order valence-corrected chi connectivity index (χ4v) is 2.89. The van der Waals surface area contributed by atoms with Gasteiger partial charge >= 0.3 is 6.01 Å². The van der Waals surface area contributed by atoms with E-state index in [1.165, 1.54) is 5.56 Å². The largest absolute Gasteiger partial charge is 0.497 e. The van der Waals surface area contributed by atoms with Gasteiger partial charge in [-0.3, -0.25) is 4.68 Å². The van der Waals surface area contributed by atoms with Crippen molar-refractivity contribution in [3.05, 3.63) is 78.1 Å². The van der Waals surface area contributed by atoms with Crippen LogP contribution in [0.2, 0.25) is 0 Å². The van der Waals surface area contributed by atoms with Gasteiger partial charge in [-0.25, -0.2) is 0 Å². The first-order valence-corrected chi connectivity index (χ1v) is 9.02. The second kappa shape index (κ2) is 7.96. The maximum atomic E-state index is 5.35. The predicted octanol–water partition coefficient (Wildman–Crippen LogP) is 4.16. The van der Waals surface area contributed by atoms with Crippen LogP contribution in [-0.4, -0.2) is 27.0 Å². The van der Waals surface area contributed by atoms with Crippen LogP contribution < -0.4 is 10.1 Å². The molecule has 1 unspecified atom stereocenters. The van der Waals surface area contributed by atoms with E-state index in [4.69, 9.17) is 9.26 Å². The molecule has 0 fully saturated rings. The lowest BCUT2D eigenvalue weighted by molar-refractivity contribution is 0.414. The molecule has 2 aromatic heterocycles. The van der Waals surface area contributed by atoms with Gasteiger partial charge in [0.25, 0.3) is 0 Å². The number of hydrogen-bond donors (Lipinski definition) is 1. The molecule has 4 aromatic rings. The van der Waals surface area contributed by atoms with Crippen LogP contribution in [0.1, 0.15) is 24.1 Å². The molecule has 0 aliphatic rings. The SMILES string of the molecule is COc1cccc(-c2noc(NC(C)c3cnn(Cc4ccccc4)c3)n2)c1. The van der Waals surface area contributed by atoms with Crippen LogP contribution >= 0.6 is 0 Å². The van der Waals surface area contributed by atoms with Crippen molar-refractivity contribution in [2.75, 3.05) is 12.4 Å². The van der Waals surface area contributed by atoms with Crippen molar-refractivity contribution in [3.63, 3.8) is 0 Å². The topological polar surface area (TPSA) is 78.0 Å². The maximum Gasteiger partial charge on any atom is 0.322 e. The highest BCUT2D eigenvalue weighted by atomic mass is 16.5. The lowest BCUT2D eigenvalue weighted by Crippen LogP contribution is -2.06. The molecule has 0 aliphatic heterocycles. The standard InChI is InChI=1S/C21H21N5O2/c1-15(18-12-22-26(14-18)13-16-7-4-3-5-8-16)23-21-24-20(25-28-21)17-9-6-10-19(11-17)27-2/h3-12,14-15H,13H2,1-2H3,(H,23,24,25). The van der Waals surface area contributed by atoms with Gasteiger partial charge in [-0.05, 0) is 24.6 Å². The molecular formula is C21H21N5O2. The van der Waals surface area contributed by atoms with Gasteiger partial charge in [0, 0.05) is 17.3 Å². The molecule has 4 rings (SSSR count). The molecule has 1 N–H and O–H groups in total. The zero-order valence-corrected chi connectivity index (χ0v) is 15.7. The monoisotopic (exact) mass is 375 g/mol. The molecular weight excluding hydrogens is 354 g/mol. The van der Waals surface area contributed by atoms with Gasteiger partial charge in [0.05, 0.1) is 25.9 Å². The summed E-state index contributed by atoms with van der Waals surface area (Å²) in [6.07, 6.45) is 3.87. The molecule has 2 aromatic carbocycles. The fraction of sp³-hybridized carbons (Fsp3) is 0.190. The van der Waals surface area contributed by atoms with Gasteiger partial charge in [-0.2, -0.15) is 10.1 Å². The first kappa shape index (κ1) is 17.8. The zero-order valence-electron chi connectivity index (χ0n) is 15.7. The summed E-state index contributed by atoms with van der Waals surface area (Å²) >= 11 is 0. The number of aromatic nitrogens is 4. The number of hydrogen-bond acceptors (Lipinski definition) is 6. The van der Waals surface area contributed by atoms with E-state index in [0.717, 1.165) is 23.4 Å². The summed E-state index contributed by atoms with van der Waals surface area (Å²) in [6.45, 7) is 2.76. The number of benzene rings is 2. The van der Waals surface area contributed by atoms with Gasteiger partial charge in [-0.15, -0.1) is 0 Å².